The van der Waals surface area contributed by atoms with E-state index in [0.29, 0.717) is 6.54 Å². The van der Waals surface area contributed by atoms with Gasteiger partial charge in [0.05, 0.1) is 12.2 Å². The number of nitrogens with two attached hydrogens (primary N) is 1. The van der Waals surface area contributed by atoms with Crippen molar-refractivity contribution in [2.75, 3.05) is 5.73 Å². The van der Waals surface area contributed by atoms with Gasteiger partial charge < -0.3 is 11.1 Å². The van der Waals surface area contributed by atoms with Crippen LogP contribution < -0.4 is 11.1 Å². The summed E-state index contributed by atoms with van der Waals surface area (Å²) in [7, 11) is 0. The third-order valence-corrected chi connectivity index (χ3v) is 2.09. The van der Waals surface area contributed by atoms with Crippen LogP contribution in [0.1, 0.15) is 22.0 Å². The molecule has 0 aliphatic carbocycles. The predicted octanol–water partition coefficient (Wildman–Crippen LogP) is 0.0203. The molecule has 0 saturated carbocycles. The molecule has 0 fully saturated rings. The number of anilines is 1. The molecule has 2 aromatic rings. The first-order valence-corrected chi connectivity index (χ1v) is 5.04. The van der Waals surface area contributed by atoms with Gasteiger partial charge in [-0.25, -0.2) is 0 Å². The Hall–Kier alpha value is -2.44. The normalized spacial score (nSPS) is 10.2. The number of hydrogen-bond donors (Lipinski definition) is 3. The van der Waals surface area contributed by atoms with Crippen molar-refractivity contribution >= 4 is 11.9 Å². The molecule has 2 heterocycles. The van der Waals surface area contributed by atoms with E-state index in [-0.39, 0.29) is 17.7 Å². The monoisotopic (exact) mass is 232 g/mol. The van der Waals surface area contributed by atoms with Crippen LogP contribution in [0, 0.1) is 6.92 Å². The SMILES string of the molecule is Cc1cccc(CNC(=O)c2nc(N)n[nH]2)n1. The van der Waals surface area contributed by atoms with Crippen molar-refractivity contribution < 1.29 is 4.79 Å². The van der Waals surface area contributed by atoms with Gasteiger partial charge in [-0.3, -0.25) is 14.9 Å². The number of H-pyrrole nitrogens is 1. The van der Waals surface area contributed by atoms with Crippen LogP contribution in [-0.4, -0.2) is 26.1 Å². The van der Waals surface area contributed by atoms with E-state index in [1.54, 1.807) is 0 Å². The highest BCUT2D eigenvalue weighted by atomic mass is 16.2. The van der Waals surface area contributed by atoms with Crippen LogP contribution in [0.25, 0.3) is 0 Å². The van der Waals surface area contributed by atoms with Crippen LogP contribution in [0.5, 0.6) is 0 Å². The second-order valence-electron chi connectivity index (χ2n) is 3.50. The van der Waals surface area contributed by atoms with Gasteiger partial charge in [0, 0.05) is 5.69 Å². The highest BCUT2D eigenvalue weighted by Gasteiger charge is 2.10. The summed E-state index contributed by atoms with van der Waals surface area (Å²) in [5.74, 6) is -0.225. The van der Waals surface area contributed by atoms with Crippen molar-refractivity contribution in [3.63, 3.8) is 0 Å². The molecule has 88 valence electrons. The molecule has 2 rings (SSSR count). The quantitative estimate of drug-likeness (QED) is 0.691. The van der Waals surface area contributed by atoms with Crippen LogP contribution >= 0.6 is 0 Å². The fourth-order valence-corrected chi connectivity index (χ4v) is 1.33. The number of nitrogen functional groups attached to an aromatic ring is 1. The topological polar surface area (TPSA) is 110 Å². The highest BCUT2D eigenvalue weighted by Crippen LogP contribution is 1.98. The lowest BCUT2D eigenvalue weighted by atomic mass is 10.3. The molecular formula is C10H12N6O. The minimum absolute atomic E-state index is 0.0452. The van der Waals surface area contributed by atoms with Crippen molar-refractivity contribution in [1.82, 2.24) is 25.5 Å². The van der Waals surface area contributed by atoms with Crippen LogP contribution in [0.3, 0.4) is 0 Å². The van der Waals surface area contributed by atoms with E-state index >= 15 is 0 Å². The maximum Gasteiger partial charge on any atom is 0.288 e. The fraction of sp³-hybridized carbons (Fsp3) is 0.200. The molecule has 0 saturated heterocycles. The molecule has 4 N–H and O–H groups in total. The average molecular weight is 232 g/mol. The zero-order valence-corrected chi connectivity index (χ0v) is 9.27. The Morgan fingerprint density at radius 3 is 2.94 bits per heavy atom. The number of aromatic amines is 1. The molecule has 0 atom stereocenters. The standard InChI is InChI=1S/C10H12N6O/c1-6-3-2-4-7(13-6)5-12-9(17)8-14-10(11)16-15-8/h2-4H,5H2,1H3,(H,12,17)(H3,11,14,15,16). The maximum absolute atomic E-state index is 11.6. The molecular weight excluding hydrogens is 220 g/mol. The summed E-state index contributed by atoms with van der Waals surface area (Å²) >= 11 is 0. The van der Waals surface area contributed by atoms with E-state index in [1.807, 2.05) is 25.1 Å². The maximum atomic E-state index is 11.6. The predicted molar refractivity (Wildman–Crippen MR) is 60.9 cm³/mol. The summed E-state index contributed by atoms with van der Waals surface area (Å²) in [6.07, 6.45) is 0. The first-order chi connectivity index (χ1) is 8.15. The second kappa shape index (κ2) is 4.60. The van der Waals surface area contributed by atoms with Gasteiger partial charge in [0.15, 0.2) is 0 Å². The van der Waals surface area contributed by atoms with Gasteiger partial charge in [0.2, 0.25) is 11.8 Å². The molecule has 0 unspecified atom stereocenters. The Labute approximate surface area is 97.5 Å². The van der Waals surface area contributed by atoms with Crippen LogP contribution in [0.4, 0.5) is 5.95 Å². The summed E-state index contributed by atoms with van der Waals surface area (Å²) in [5, 5.41) is 8.67. The van der Waals surface area contributed by atoms with E-state index in [1.165, 1.54) is 0 Å². The number of aryl methyl sites for hydroxylation is 1. The summed E-state index contributed by atoms with van der Waals surface area (Å²) < 4.78 is 0. The molecule has 0 aliphatic heterocycles. The number of nitrogens with one attached hydrogen (secondary N) is 2. The summed E-state index contributed by atoms with van der Waals surface area (Å²) in [4.78, 5) is 19.6. The Morgan fingerprint density at radius 1 is 1.47 bits per heavy atom. The van der Waals surface area contributed by atoms with Gasteiger partial charge >= 0.3 is 0 Å². The Balaban J connectivity index is 1.97. The van der Waals surface area contributed by atoms with E-state index in [2.05, 4.69) is 25.5 Å². The van der Waals surface area contributed by atoms with Gasteiger partial charge in [-0.15, -0.1) is 5.10 Å². The van der Waals surface area contributed by atoms with Crippen molar-refractivity contribution in [2.45, 2.75) is 13.5 Å². The van der Waals surface area contributed by atoms with Crippen molar-refractivity contribution in [3.8, 4) is 0 Å². The average Bonchev–Trinajstić information content (AvgIpc) is 2.73. The minimum Gasteiger partial charge on any atom is -0.366 e. The summed E-state index contributed by atoms with van der Waals surface area (Å²) in [5.41, 5.74) is 6.98. The summed E-state index contributed by atoms with van der Waals surface area (Å²) in [6.45, 7) is 2.23. The van der Waals surface area contributed by atoms with Crippen molar-refractivity contribution in [3.05, 3.63) is 35.4 Å². The first-order valence-electron chi connectivity index (χ1n) is 5.04. The molecule has 0 spiro atoms. The van der Waals surface area contributed by atoms with Crippen molar-refractivity contribution in [1.29, 1.82) is 0 Å². The van der Waals surface area contributed by atoms with Gasteiger partial charge in [0.25, 0.3) is 5.91 Å². The molecule has 17 heavy (non-hydrogen) atoms. The fourth-order valence-electron chi connectivity index (χ4n) is 1.33. The van der Waals surface area contributed by atoms with Gasteiger partial charge in [0.1, 0.15) is 0 Å². The molecule has 1 amide bonds. The lowest BCUT2D eigenvalue weighted by Gasteiger charge is -2.02. The third kappa shape index (κ3) is 2.77. The van der Waals surface area contributed by atoms with Gasteiger partial charge in [-0.05, 0) is 19.1 Å². The Morgan fingerprint density at radius 2 is 2.29 bits per heavy atom. The number of carbonyl (C=O) groups is 1. The number of carbonyl (C=O) groups excluding carboxylic acids is 1. The van der Waals surface area contributed by atoms with Crippen LogP contribution in [0.2, 0.25) is 0 Å². The molecule has 0 bridgehead atoms. The molecule has 7 heteroatoms. The largest absolute Gasteiger partial charge is 0.366 e. The zero-order valence-electron chi connectivity index (χ0n) is 9.27. The molecule has 2 aromatic heterocycles. The minimum atomic E-state index is -0.363. The van der Waals surface area contributed by atoms with Crippen molar-refractivity contribution in [2.24, 2.45) is 0 Å². The molecule has 7 nitrogen and oxygen atoms in total. The second-order valence-corrected chi connectivity index (χ2v) is 3.50. The Kier molecular flexibility index (Phi) is 2.99. The zero-order chi connectivity index (χ0) is 12.3. The lowest BCUT2D eigenvalue weighted by Crippen LogP contribution is -2.24. The number of hydrogen-bond acceptors (Lipinski definition) is 5. The van der Waals surface area contributed by atoms with Gasteiger partial charge in [-0.1, -0.05) is 6.07 Å². The number of pyridine rings is 1. The van der Waals surface area contributed by atoms with E-state index < -0.39 is 0 Å². The smallest absolute Gasteiger partial charge is 0.288 e. The number of nitrogens with zero attached hydrogens (tertiary/aromatic N) is 3. The Bertz CT molecular complexity index is 535. The van der Waals surface area contributed by atoms with E-state index in [4.69, 9.17) is 5.73 Å². The number of aromatic nitrogens is 4. The molecule has 0 aromatic carbocycles. The number of rotatable bonds is 3. The van der Waals surface area contributed by atoms with Crippen LogP contribution in [-0.2, 0) is 6.54 Å². The highest BCUT2D eigenvalue weighted by molar-refractivity contribution is 5.90. The van der Waals surface area contributed by atoms with Gasteiger partial charge in [-0.2, -0.15) is 4.98 Å². The van der Waals surface area contributed by atoms with Crippen LogP contribution in [0.15, 0.2) is 18.2 Å². The van der Waals surface area contributed by atoms with E-state index in [9.17, 15) is 4.79 Å². The molecule has 0 radical (unpaired) electrons. The lowest BCUT2D eigenvalue weighted by molar-refractivity contribution is 0.0940. The van der Waals surface area contributed by atoms with E-state index in [0.717, 1.165) is 11.4 Å². The molecule has 0 aliphatic rings. The third-order valence-electron chi connectivity index (χ3n) is 2.09. The summed E-state index contributed by atoms with van der Waals surface area (Å²) in [6, 6.07) is 5.61. The number of amides is 1. The first kappa shape index (κ1) is 11.1.